The van der Waals surface area contributed by atoms with Gasteiger partial charge in [-0.05, 0) is 96.7 Å². The van der Waals surface area contributed by atoms with E-state index in [4.69, 9.17) is 11.6 Å². The van der Waals surface area contributed by atoms with E-state index in [1.807, 2.05) is 0 Å². The van der Waals surface area contributed by atoms with Gasteiger partial charge in [0.05, 0.1) is 27.5 Å². The van der Waals surface area contributed by atoms with Gasteiger partial charge in [0.15, 0.2) is 5.17 Å². The van der Waals surface area contributed by atoms with Crippen molar-refractivity contribution in [3.8, 4) is 5.75 Å². The molecule has 0 radical (unpaired) electrons. The Kier molecular flexibility index (Phi) is 8.04. The van der Waals surface area contributed by atoms with E-state index in [0.717, 1.165) is 16.7 Å². The van der Waals surface area contributed by atoms with Crippen LogP contribution in [0.2, 0.25) is 5.02 Å². The minimum absolute atomic E-state index is 0.0745. The van der Waals surface area contributed by atoms with Gasteiger partial charge in [-0.2, -0.15) is 10.2 Å². The summed E-state index contributed by atoms with van der Waals surface area (Å²) in [7, 11) is 0. The molecule has 0 unspecified atom stereocenters. The zero-order valence-corrected chi connectivity index (χ0v) is 22.6. The van der Waals surface area contributed by atoms with E-state index in [9.17, 15) is 24.6 Å². The van der Waals surface area contributed by atoms with Gasteiger partial charge in [-0.1, -0.05) is 29.8 Å². The molecule has 0 spiro atoms. The van der Waals surface area contributed by atoms with Crippen molar-refractivity contribution >= 4 is 69.5 Å². The van der Waals surface area contributed by atoms with Crippen LogP contribution >= 0.6 is 23.4 Å². The molecule has 1 aliphatic heterocycles. The number of carboxylic acid groups (broad SMARTS) is 1. The van der Waals surface area contributed by atoms with Gasteiger partial charge in [-0.15, -0.1) is 0 Å². The maximum absolute atomic E-state index is 13.5. The van der Waals surface area contributed by atoms with Crippen LogP contribution in [0.1, 0.15) is 26.3 Å². The lowest BCUT2D eigenvalue weighted by Gasteiger charge is -2.13. The number of amides is 2. The number of phenols is 1. The SMILES string of the molecule is O=C(O)c1ccc(N=C2SC(=Cc3cc(N=Nc4ccc(Cl)cc4)ccc3O)C(=O)N2C(=O)c2ccccc2)cc1. The van der Waals surface area contributed by atoms with E-state index in [1.165, 1.54) is 36.4 Å². The molecule has 2 amide bonds. The number of halogens is 1. The van der Waals surface area contributed by atoms with Gasteiger partial charge in [0.1, 0.15) is 5.75 Å². The van der Waals surface area contributed by atoms with Crippen LogP contribution in [-0.2, 0) is 4.79 Å². The van der Waals surface area contributed by atoms with Gasteiger partial charge in [0.2, 0.25) is 0 Å². The fraction of sp³-hybridized carbons (Fsp3) is 0. The minimum Gasteiger partial charge on any atom is -0.507 e. The van der Waals surface area contributed by atoms with E-state index in [1.54, 1.807) is 66.7 Å². The maximum atomic E-state index is 13.5. The highest BCUT2D eigenvalue weighted by Crippen LogP contribution is 2.37. The first kappa shape index (κ1) is 27.5. The number of aromatic carboxylic acids is 1. The lowest BCUT2D eigenvalue weighted by molar-refractivity contribution is -0.120. The molecule has 1 saturated heterocycles. The second-order valence-electron chi connectivity index (χ2n) is 8.59. The molecule has 11 heteroatoms. The number of thioether (sulfide) groups is 1. The summed E-state index contributed by atoms with van der Waals surface area (Å²) >= 11 is 6.86. The number of azo groups is 1. The normalized spacial score (nSPS) is 15.2. The summed E-state index contributed by atoms with van der Waals surface area (Å²) in [5, 5.41) is 28.7. The third-order valence-corrected chi connectivity index (χ3v) is 7.00. The predicted octanol–water partition coefficient (Wildman–Crippen LogP) is 7.60. The number of hydrogen-bond acceptors (Lipinski definition) is 8. The molecule has 202 valence electrons. The van der Waals surface area contributed by atoms with E-state index in [-0.39, 0.29) is 32.5 Å². The molecule has 0 aromatic heterocycles. The standard InChI is InChI=1S/C30H19ClN4O5S/c31-21-8-12-23(13-9-21)33-34-24-14-15-25(36)20(16-24)17-26-28(38)35(27(37)18-4-2-1-3-5-18)30(41-26)32-22-10-6-19(7-11-22)29(39)40/h1-17,36H,(H,39,40). The predicted molar refractivity (Wildman–Crippen MR) is 157 cm³/mol. The second-order valence-corrected chi connectivity index (χ2v) is 10.0. The summed E-state index contributed by atoms with van der Waals surface area (Å²) in [4.78, 5) is 43.7. The van der Waals surface area contributed by atoms with Crippen LogP contribution in [-0.4, -0.2) is 38.1 Å². The molecule has 1 heterocycles. The van der Waals surface area contributed by atoms with Gasteiger partial charge in [0.25, 0.3) is 11.8 Å². The summed E-state index contributed by atoms with van der Waals surface area (Å²) in [5.41, 5.74) is 1.99. The first-order valence-electron chi connectivity index (χ1n) is 12.0. The van der Waals surface area contributed by atoms with Crippen molar-refractivity contribution in [2.45, 2.75) is 0 Å². The zero-order chi connectivity index (χ0) is 28.9. The quantitative estimate of drug-likeness (QED) is 0.137. The van der Waals surface area contributed by atoms with E-state index >= 15 is 0 Å². The summed E-state index contributed by atoms with van der Waals surface area (Å²) in [6.45, 7) is 0. The highest BCUT2D eigenvalue weighted by molar-refractivity contribution is 8.18. The number of carboxylic acids is 1. The lowest BCUT2D eigenvalue weighted by atomic mass is 10.1. The molecule has 0 atom stereocenters. The molecule has 1 fully saturated rings. The van der Waals surface area contributed by atoms with Gasteiger partial charge < -0.3 is 10.2 Å². The smallest absolute Gasteiger partial charge is 0.335 e. The Hall–Kier alpha value is -5.06. The van der Waals surface area contributed by atoms with Crippen molar-refractivity contribution in [3.63, 3.8) is 0 Å². The molecule has 0 bridgehead atoms. The molecule has 4 aromatic rings. The maximum Gasteiger partial charge on any atom is 0.335 e. The Balaban J connectivity index is 1.50. The zero-order valence-electron chi connectivity index (χ0n) is 21.0. The Labute approximate surface area is 243 Å². The fourth-order valence-corrected chi connectivity index (χ4v) is 4.81. The first-order valence-corrected chi connectivity index (χ1v) is 13.2. The minimum atomic E-state index is -1.09. The van der Waals surface area contributed by atoms with Crippen LogP contribution in [0.5, 0.6) is 5.75 Å². The Bertz CT molecular complexity index is 1740. The molecule has 0 saturated carbocycles. The highest BCUT2D eigenvalue weighted by atomic mass is 35.5. The number of nitrogens with zero attached hydrogens (tertiary/aromatic N) is 4. The number of amidine groups is 1. The number of rotatable bonds is 6. The average Bonchev–Trinajstić information content (AvgIpc) is 3.28. The Morgan fingerprint density at radius 3 is 2.12 bits per heavy atom. The van der Waals surface area contributed by atoms with E-state index in [2.05, 4.69) is 15.2 Å². The van der Waals surface area contributed by atoms with Crippen LogP contribution in [0, 0.1) is 0 Å². The number of carbonyl (C=O) groups is 3. The number of aromatic hydroxyl groups is 1. The van der Waals surface area contributed by atoms with Gasteiger partial charge >= 0.3 is 5.97 Å². The monoisotopic (exact) mass is 582 g/mol. The Morgan fingerprint density at radius 1 is 0.805 bits per heavy atom. The van der Waals surface area contributed by atoms with Crippen LogP contribution < -0.4 is 0 Å². The molecule has 5 rings (SSSR count). The lowest BCUT2D eigenvalue weighted by Crippen LogP contribution is -2.35. The molecule has 9 nitrogen and oxygen atoms in total. The number of phenolic OH excluding ortho intramolecular Hbond substituents is 1. The van der Waals surface area contributed by atoms with E-state index in [0.29, 0.717) is 22.1 Å². The van der Waals surface area contributed by atoms with Crippen LogP contribution in [0.25, 0.3) is 6.08 Å². The van der Waals surface area contributed by atoms with Crippen LogP contribution in [0.4, 0.5) is 17.1 Å². The molecule has 1 aliphatic rings. The summed E-state index contributed by atoms with van der Waals surface area (Å²) < 4.78 is 0. The molecular weight excluding hydrogens is 564 g/mol. The third-order valence-electron chi connectivity index (χ3n) is 5.77. The Morgan fingerprint density at radius 2 is 1.44 bits per heavy atom. The van der Waals surface area contributed by atoms with Crippen molar-refractivity contribution < 1.29 is 24.6 Å². The second kappa shape index (κ2) is 12.0. The molecular formula is C30H19ClN4O5S. The van der Waals surface area contributed by atoms with Crippen molar-refractivity contribution in [2.24, 2.45) is 15.2 Å². The molecule has 2 N–H and O–H groups in total. The first-order chi connectivity index (χ1) is 19.8. The van der Waals surface area contributed by atoms with Crippen molar-refractivity contribution in [3.05, 3.63) is 124 Å². The third kappa shape index (κ3) is 6.40. The molecule has 41 heavy (non-hydrogen) atoms. The number of aliphatic imine (C=N–C) groups is 1. The number of imide groups is 1. The largest absolute Gasteiger partial charge is 0.507 e. The van der Waals surface area contributed by atoms with Gasteiger partial charge in [-0.3, -0.25) is 9.59 Å². The summed E-state index contributed by atoms with van der Waals surface area (Å²) in [5.74, 6) is -2.40. The highest BCUT2D eigenvalue weighted by Gasteiger charge is 2.38. The van der Waals surface area contributed by atoms with Gasteiger partial charge in [-0.25, -0.2) is 14.7 Å². The number of carbonyl (C=O) groups excluding carboxylic acids is 2. The van der Waals surface area contributed by atoms with Crippen LogP contribution in [0.15, 0.2) is 117 Å². The van der Waals surface area contributed by atoms with Crippen molar-refractivity contribution in [1.29, 1.82) is 0 Å². The fourth-order valence-electron chi connectivity index (χ4n) is 3.71. The molecule has 0 aliphatic carbocycles. The van der Waals surface area contributed by atoms with Crippen molar-refractivity contribution in [1.82, 2.24) is 4.90 Å². The number of hydrogen-bond donors (Lipinski definition) is 2. The van der Waals surface area contributed by atoms with Crippen molar-refractivity contribution in [2.75, 3.05) is 0 Å². The van der Waals surface area contributed by atoms with Crippen LogP contribution in [0.3, 0.4) is 0 Å². The molecule has 4 aromatic carbocycles. The average molecular weight is 583 g/mol. The van der Waals surface area contributed by atoms with E-state index < -0.39 is 17.8 Å². The summed E-state index contributed by atoms with van der Waals surface area (Å²) in [6.07, 6.45) is 1.45. The topological polar surface area (TPSA) is 132 Å². The van der Waals surface area contributed by atoms with Gasteiger partial charge in [0, 0.05) is 16.1 Å². The number of benzene rings is 4. The summed E-state index contributed by atoms with van der Waals surface area (Å²) in [6, 6.07) is 25.4.